The molecule has 30 heavy (non-hydrogen) atoms. The van der Waals surface area contributed by atoms with Gasteiger partial charge in [0.1, 0.15) is 0 Å². The molecule has 166 valence electrons. The maximum absolute atomic E-state index is 12.8. The summed E-state index contributed by atoms with van der Waals surface area (Å²) in [5.74, 6) is -0.286. The van der Waals surface area contributed by atoms with Crippen LogP contribution >= 0.6 is 0 Å². The maximum atomic E-state index is 12.8. The van der Waals surface area contributed by atoms with Gasteiger partial charge in [-0.3, -0.25) is 0 Å². The smallest absolute Gasteiger partial charge is 0.224 e. The molecule has 0 saturated heterocycles. The molecule has 0 heterocycles. The highest BCUT2D eigenvalue weighted by Crippen LogP contribution is 2.21. The van der Waals surface area contributed by atoms with Crippen molar-refractivity contribution in [1.29, 1.82) is 0 Å². The van der Waals surface area contributed by atoms with Gasteiger partial charge in [-0.25, -0.2) is 34.7 Å². The first-order valence-electron chi connectivity index (χ1n) is 9.08. The standard InChI is InChI=1S/C19H26N2O6S3/c1-14(2)21-29(24,25)13-17-8-6-5-7-16(17)12-20-30(26,27)19-11-18(28(4,22)23)10-9-15(19)3/h5-11,14,20-21H,12-13H2,1-4H3. The molecule has 2 aromatic rings. The number of hydrogen-bond acceptors (Lipinski definition) is 6. The Morgan fingerprint density at radius 1 is 0.900 bits per heavy atom. The van der Waals surface area contributed by atoms with Crippen molar-refractivity contribution in [3.63, 3.8) is 0 Å². The molecule has 0 aromatic heterocycles. The molecular formula is C19H26N2O6S3. The van der Waals surface area contributed by atoms with Crippen molar-refractivity contribution >= 4 is 29.9 Å². The van der Waals surface area contributed by atoms with Crippen molar-refractivity contribution in [1.82, 2.24) is 9.44 Å². The minimum absolute atomic E-state index is 0.0975. The third-order valence-electron chi connectivity index (χ3n) is 4.21. The highest BCUT2D eigenvalue weighted by atomic mass is 32.2. The van der Waals surface area contributed by atoms with Crippen molar-refractivity contribution in [2.75, 3.05) is 6.26 Å². The fraction of sp³-hybridized carbons (Fsp3) is 0.368. The summed E-state index contributed by atoms with van der Waals surface area (Å²) < 4.78 is 78.6. The van der Waals surface area contributed by atoms with E-state index in [4.69, 9.17) is 0 Å². The van der Waals surface area contributed by atoms with Crippen LogP contribution in [-0.4, -0.2) is 37.6 Å². The molecule has 0 aliphatic heterocycles. The first-order valence-corrected chi connectivity index (χ1v) is 14.1. The maximum Gasteiger partial charge on any atom is 0.241 e. The molecule has 0 spiro atoms. The van der Waals surface area contributed by atoms with Gasteiger partial charge in [-0.05, 0) is 49.6 Å². The Labute approximate surface area is 178 Å². The van der Waals surface area contributed by atoms with Gasteiger partial charge < -0.3 is 0 Å². The first kappa shape index (κ1) is 24.5. The van der Waals surface area contributed by atoms with E-state index < -0.39 is 29.9 Å². The highest BCUT2D eigenvalue weighted by Gasteiger charge is 2.21. The molecule has 2 aromatic carbocycles. The van der Waals surface area contributed by atoms with Gasteiger partial charge in [-0.2, -0.15) is 0 Å². The third-order valence-corrected chi connectivity index (χ3v) is 8.38. The van der Waals surface area contributed by atoms with E-state index in [0.717, 1.165) is 12.3 Å². The lowest BCUT2D eigenvalue weighted by atomic mass is 10.1. The lowest BCUT2D eigenvalue weighted by molar-refractivity contribution is 0.568. The number of rotatable bonds is 9. The molecule has 0 fully saturated rings. The molecule has 0 atom stereocenters. The molecular weight excluding hydrogens is 448 g/mol. The molecule has 0 bridgehead atoms. The summed E-state index contributed by atoms with van der Waals surface area (Å²) >= 11 is 0. The van der Waals surface area contributed by atoms with Crippen molar-refractivity contribution in [3.8, 4) is 0 Å². The van der Waals surface area contributed by atoms with Crippen molar-refractivity contribution < 1.29 is 25.3 Å². The van der Waals surface area contributed by atoms with Crippen LogP contribution in [0, 0.1) is 6.92 Å². The van der Waals surface area contributed by atoms with Crippen molar-refractivity contribution in [2.45, 2.75) is 48.9 Å². The molecule has 8 nitrogen and oxygen atoms in total. The largest absolute Gasteiger partial charge is 0.241 e. The summed E-state index contributed by atoms with van der Waals surface area (Å²) in [4.78, 5) is -0.239. The second-order valence-corrected chi connectivity index (χ2v) is 12.8. The van der Waals surface area contributed by atoms with Crippen LogP contribution in [0.15, 0.2) is 52.3 Å². The predicted molar refractivity (Wildman–Crippen MR) is 116 cm³/mol. The zero-order valence-electron chi connectivity index (χ0n) is 17.2. The Hall–Kier alpha value is -1.79. The SMILES string of the molecule is Cc1ccc(S(C)(=O)=O)cc1S(=O)(=O)NCc1ccccc1CS(=O)(=O)NC(C)C. The number of sulfonamides is 2. The van der Waals surface area contributed by atoms with Crippen LogP contribution < -0.4 is 9.44 Å². The monoisotopic (exact) mass is 474 g/mol. The normalized spacial score (nSPS) is 13.0. The summed E-state index contributed by atoms with van der Waals surface area (Å²) in [5.41, 5.74) is 1.37. The van der Waals surface area contributed by atoms with E-state index in [1.54, 1.807) is 45.0 Å². The average molecular weight is 475 g/mol. The summed E-state index contributed by atoms with van der Waals surface area (Å²) in [6.45, 7) is 4.85. The van der Waals surface area contributed by atoms with Gasteiger partial charge in [-0.15, -0.1) is 0 Å². The molecule has 2 rings (SSSR count). The van der Waals surface area contributed by atoms with Crippen LogP contribution in [-0.2, 0) is 42.2 Å². The minimum Gasteiger partial charge on any atom is -0.224 e. The highest BCUT2D eigenvalue weighted by molar-refractivity contribution is 7.91. The predicted octanol–water partition coefficient (Wildman–Crippen LogP) is 1.70. The van der Waals surface area contributed by atoms with Gasteiger partial charge in [0.05, 0.1) is 15.5 Å². The van der Waals surface area contributed by atoms with E-state index in [1.165, 1.54) is 12.1 Å². The van der Waals surface area contributed by atoms with Crippen LogP contribution in [0.4, 0.5) is 0 Å². The van der Waals surface area contributed by atoms with Gasteiger partial charge in [0.2, 0.25) is 20.0 Å². The van der Waals surface area contributed by atoms with Crippen molar-refractivity contribution in [2.24, 2.45) is 0 Å². The van der Waals surface area contributed by atoms with Crippen LogP contribution in [0.25, 0.3) is 0 Å². The Bertz CT molecular complexity index is 1230. The molecule has 0 amide bonds. The van der Waals surface area contributed by atoms with Gasteiger partial charge in [0.25, 0.3) is 0 Å². The fourth-order valence-corrected chi connectivity index (χ4v) is 6.32. The van der Waals surface area contributed by atoms with E-state index in [0.29, 0.717) is 16.7 Å². The lowest BCUT2D eigenvalue weighted by Gasteiger charge is -2.14. The van der Waals surface area contributed by atoms with Gasteiger partial charge in [0.15, 0.2) is 9.84 Å². The number of sulfone groups is 1. The van der Waals surface area contributed by atoms with E-state index in [2.05, 4.69) is 9.44 Å². The number of aryl methyl sites for hydroxylation is 1. The lowest BCUT2D eigenvalue weighted by Crippen LogP contribution is -2.32. The van der Waals surface area contributed by atoms with Crippen LogP contribution in [0.5, 0.6) is 0 Å². The minimum atomic E-state index is -4.03. The molecule has 11 heteroatoms. The zero-order chi connectivity index (χ0) is 22.7. The van der Waals surface area contributed by atoms with Crippen LogP contribution in [0.3, 0.4) is 0 Å². The Morgan fingerprint density at radius 2 is 1.50 bits per heavy atom. The van der Waals surface area contributed by atoms with E-state index in [1.807, 2.05) is 0 Å². The average Bonchev–Trinajstić information content (AvgIpc) is 2.58. The summed E-state index contributed by atoms with van der Waals surface area (Å²) in [6.07, 6.45) is 1.00. The van der Waals surface area contributed by atoms with E-state index in [9.17, 15) is 25.3 Å². The summed E-state index contributed by atoms with van der Waals surface area (Å²) in [7, 11) is -11.2. The van der Waals surface area contributed by atoms with Crippen LogP contribution in [0.1, 0.15) is 30.5 Å². The van der Waals surface area contributed by atoms with E-state index >= 15 is 0 Å². The van der Waals surface area contributed by atoms with E-state index in [-0.39, 0.29) is 28.1 Å². The number of nitrogens with one attached hydrogen (secondary N) is 2. The number of hydrogen-bond donors (Lipinski definition) is 2. The molecule has 0 aliphatic rings. The molecule has 0 radical (unpaired) electrons. The van der Waals surface area contributed by atoms with Crippen LogP contribution in [0.2, 0.25) is 0 Å². The molecule has 2 N–H and O–H groups in total. The summed E-state index contributed by atoms with van der Waals surface area (Å²) in [6, 6.07) is 10.3. The Morgan fingerprint density at radius 3 is 2.07 bits per heavy atom. The quantitative estimate of drug-likeness (QED) is 0.570. The first-order chi connectivity index (χ1) is 13.7. The molecule has 0 unspecified atom stereocenters. The summed E-state index contributed by atoms with van der Waals surface area (Å²) in [5, 5.41) is 0. The van der Waals surface area contributed by atoms with Gasteiger partial charge >= 0.3 is 0 Å². The van der Waals surface area contributed by atoms with Gasteiger partial charge in [-0.1, -0.05) is 30.3 Å². The van der Waals surface area contributed by atoms with Crippen molar-refractivity contribution in [3.05, 3.63) is 59.2 Å². The Balaban J connectivity index is 2.30. The third kappa shape index (κ3) is 6.61. The fourth-order valence-electron chi connectivity index (χ4n) is 2.83. The zero-order valence-corrected chi connectivity index (χ0v) is 19.7. The Kier molecular flexibility index (Phi) is 7.46. The number of benzene rings is 2. The topological polar surface area (TPSA) is 126 Å². The molecule has 0 saturated carbocycles. The van der Waals surface area contributed by atoms with Gasteiger partial charge in [0, 0.05) is 18.8 Å². The molecule has 0 aliphatic carbocycles. The second kappa shape index (κ2) is 9.15. The second-order valence-electron chi connectivity index (χ2n) is 7.32.